The lowest BCUT2D eigenvalue weighted by molar-refractivity contribution is -0.142. The first-order valence-corrected chi connectivity index (χ1v) is 8.05. The number of rotatable bonds is 12. The van der Waals surface area contributed by atoms with Crippen molar-refractivity contribution < 1.29 is 29.3 Å². The van der Waals surface area contributed by atoms with Gasteiger partial charge in [-0.25, -0.2) is 9.59 Å². The van der Waals surface area contributed by atoms with Crippen molar-refractivity contribution in [2.75, 3.05) is 33.0 Å². The fourth-order valence-electron chi connectivity index (χ4n) is 1.74. The molecule has 0 aliphatic rings. The Labute approximate surface area is 149 Å². The Balaban J connectivity index is 4.54. The monoisotopic (exact) mass is 358 g/mol. The van der Waals surface area contributed by atoms with Crippen LogP contribution in [0.5, 0.6) is 0 Å². The zero-order chi connectivity index (χ0) is 19.6. The molecule has 0 aromatic carbocycles. The van der Waals surface area contributed by atoms with Crippen LogP contribution in [-0.4, -0.2) is 77.4 Å². The molecule has 0 saturated heterocycles. The lowest BCUT2D eigenvalue weighted by atomic mass is 10.3. The van der Waals surface area contributed by atoms with E-state index in [9.17, 15) is 19.8 Å². The first-order valence-electron chi connectivity index (χ1n) is 8.05. The summed E-state index contributed by atoms with van der Waals surface area (Å²) in [7, 11) is 0. The number of carbonyl (C=O) groups excluding carboxylic acids is 2. The van der Waals surface area contributed by atoms with Gasteiger partial charge in [-0.2, -0.15) is 0 Å². The Bertz CT molecular complexity index is 434. The van der Waals surface area contributed by atoms with Gasteiger partial charge in [0.25, 0.3) is 0 Å². The van der Waals surface area contributed by atoms with Gasteiger partial charge in [-0.3, -0.25) is 9.80 Å². The molecule has 0 heterocycles. The number of esters is 2. The van der Waals surface area contributed by atoms with Gasteiger partial charge in [-0.15, -0.1) is 0 Å². The predicted molar refractivity (Wildman–Crippen MR) is 93.2 cm³/mol. The molecule has 0 aromatic heterocycles. The third-order valence-electron chi connectivity index (χ3n) is 3.34. The Kier molecular flexibility index (Phi) is 10.9. The quantitative estimate of drug-likeness (QED) is 0.295. The molecule has 0 saturated carbocycles. The molecule has 8 heteroatoms. The van der Waals surface area contributed by atoms with Crippen molar-refractivity contribution in [3.8, 4) is 0 Å². The van der Waals surface area contributed by atoms with Crippen molar-refractivity contribution in [3.63, 3.8) is 0 Å². The zero-order valence-corrected chi connectivity index (χ0v) is 15.5. The van der Waals surface area contributed by atoms with Gasteiger partial charge in [0.1, 0.15) is 25.7 Å². The van der Waals surface area contributed by atoms with Gasteiger partial charge in [-0.05, 0) is 27.7 Å². The Morgan fingerprint density at radius 3 is 1.44 bits per heavy atom. The Hall–Kier alpha value is -1.74. The summed E-state index contributed by atoms with van der Waals surface area (Å²) in [4.78, 5) is 26.0. The summed E-state index contributed by atoms with van der Waals surface area (Å²) in [6, 6.07) is 0. The minimum atomic E-state index is -0.817. The van der Waals surface area contributed by atoms with E-state index in [0.717, 1.165) is 0 Å². The first-order chi connectivity index (χ1) is 11.6. The predicted octanol–water partition coefficient (Wildman–Crippen LogP) is 0.463. The average Bonchev–Trinajstić information content (AvgIpc) is 2.51. The van der Waals surface area contributed by atoms with Crippen LogP contribution in [0, 0.1) is 0 Å². The number of nitrogens with zero attached hydrogens (tertiary/aromatic N) is 2. The number of carbonyl (C=O) groups is 2. The van der Waals surface area contributed by atoms with E-state index in [1.165, 1.54) is 0 Å². The van der Waals surface area contributed by atoms with E-state index in [1.807, 2.05) is 0 Å². The van der Waals surface area contributed by atoms with E-state index in [1.54, 1.807) is 37.5 Å². The van der Waals surface area contributed by atoms with Crippen LogP contribution in [0.2, 0.25) is 0 Å². The lowest BCUT2D eigenvalue weighted by Gasteiger charge is -2.33. The highest BCUT2D eigenvalue weighted by Gasteiger charge is 2.19. The van der Waals surface area contributed by atoms with Crippen LogP contribution in [0.15, 0.2) is 24.3 Å². The van der Waals surface area contributed by atoms with E-state index in [4.69, 9.17) is 9.47 Å². The van der Waals surface area contributed by atoms with Crippen LogP contribution in [0.4, 0.5) is 0 Å². The second-order valence-corrected chi connectivity index (χ2v) is 5.86. The van der Waals surface area contributed by atoms with Crippen LogP contribution in [0.3, 0.4) is 0 Å². The summed E-state index contributed by atoms with van der Waals surface area (Å²) in [6.45, 7) is 14.1. The SMILES string of the molecule is C=C(C)C(=O)OCCN(CN(CCOC(=O)C(=C)C)C(C)O)C(C)O. The molecule has 0 aliphatic carbocycles. The number of hydrogen-bond acceptors (Lipinski definition) is 8. The summed E-state index contributed by atoms with van der Waals surface area (Å²) in [6.07, 6.45) is -1.63. The van der Waals surface area contributed by atoms with E-state index in [0.29, 0.717) is 11.1 Å². The molecule has 2 unspecified atom stereocenters. The second-order valence-electron chi connectivity index (χ2n) is 5.86. The van der Waals surface area contributed by atoms with Crippen molar-refractivity contribution in [1.82, 2.24) is 9.80 Å². The first kappa shape index (κ1) is 23.3. The van der Waals surface area contributed by atoms with Gasteiger partial charge >= 0.3 is 11.9 Å². The van der Waals surface area contributed by atoms with Gasteiger partial charge in [0, 0.05) is 24.2 Å². The number of aliphatic hydroxyl groups excluding tert-OH is 2. The molecule has 144 valence electrons. The third kappa shape index (κ3) is 9.98. The molecule has 2 N–H and O–H groups in total. The maximum Gasteiger partial charge on any atom is 0.333 e. The van der Waals surface area contributed by atoms with E-state index < -0.39 is 24.4 Å². The topological polar surface area (TPSA) is 99.5 Å². The van der Waals surface area contributed by atoms with Gasteiger partial charge < -0.3 is 19.7 Å². The Morgan fingerprint density at radius 2 is 1.20 bits per heavy atom. The summed E-state index contributed by atoms with van der Waals surface area (Å²) < 4.78 is 10.0. The zero-order valence-electron chi connectivity index (χ0n) is 15.5. The van der Waals surface area contributed by atoms with E-state index in [-0.39, 0.29) is 33.0 Å². The van der Waals surface area contributed by atoms with Crippen LogP contribution in [0.1, 0.15) is 27.7 Å². The van der Waals surface area contributed by atoms with E-state index >= 15 is 0 Å². The number of aliphatic hydroxyl groups is 2. The molecule has 0 aliphatic heterocycles. The normalized spacial score (nSPS) is 13.4. The van der Waals surface area contributed by atoms with Gasteiger partial charge in [-0.1, -0.05) is 13.2 Å². The van der Waals surface area contributed by atoms with Gasteiger partial charge in [0.15, 0.2) is 0 Å². The summed E-state index contributed by atoms with van der Waals surface area (Å²) in [5, 5.41) is 19.7. The molecule has 0 bridgehead atoms. The summed E-state index contributed by atoms with van der Waals surface area (Å²) >= 11 is 0. The molecule has 0 fully saturated rings. The van der Waals surface area contributed by atoms with Crippen LogP contribution >= 0.6 is 0 Å². The second kappa shape index (κ2) is 11.8. The summed E-state index contributed by atoms with van der Waals surface area (Å²) in [5.74, 6) is -0.991. The highest BCUT2D eigenvalue weighted by Crippen LogP contribution is 2.04. The molecule has 25 heavy (non-hydrogen) atoms. The molecular formula is C17H30N2O6. The minimum Gasteiger partial charge on any atom is -0.461 e. The van der Waals surface area contributed by atoms with Gasteiger partial charge in [0.05, 0.1) is 6.67 Å². The van der Waals surface area contributed by atoms with Crippen molar-refractivity contribution in [2.24, 2.45) is 0 Å². The molecule has 0 rings (SSSR count). The molecule has 0 aromatic rings. The molecular weight excluding hydrogens is 328 g/mol. The molecule has 0 amide bonds. The summed E-state index contributed by atoms with van der Waals surface area (Å²) in [5.41, 5.74) is 0.599. The highest BCUT2D eigenvalue weighted by atomic mass is 16.5. The smallest absolute Gasteiger partial charge is 0.333 e. The van der Waals surface area contributed by atoms with Crippen LogP contribution in [0.25, 0.3) is 0 Å². The number of ether oxygens (including phenoxy) is 2. The molecule has 2 atom stereocenters. The third-order valence-corrected chi connectivity index (χ3v) is 3.34. The molecule has 8 nitrogen and oxygen atoms in total. The van der Waals surface area contributed by atoms with Crippen molar-refractivity contribution in [2.45, 2.75) is 40.2 Å². The van der Waals surface area contributed by atoms with Crippen LogP contribution < -0.4 is 0 Å². The van der Waals surface area contributed by atoms with Crippen LogP contribution in [-0.2, 0) is 19.1 Å². The maximum atomic E-state index is 11.4. The fraction of sp³-hybridized carbons (Fsp3) is 0.647. The standard InChI is InChI=1S/C17H30N2O6/c1-12(2)16(22)24-9-7-18(14(5)20)11-19(15(6)21)8-10-25-17(23)13(3)4/h14-15,20-21H,1,3,7-11H2,2,4-6H3. The van der Waals surface area contributed by atoms with Crippen molar-refractivity contribution >= 4 is 11.9 Å². The number of hydrogen-bond donors (Lipinski definition) is 2. The molecule has 0 radical (unpaired) electrons. The Morgan fingerprint density at radius 1 is 0.880 bits per heavy atom. The average molecular weight is 358 g/mol. The maximum absolute atomic E-state index is 11.4. The molecule has 0 spiro atoms. The van der Waals surface area contributed by atoms with E-state index in [2.05, 4.69) is 13.2 Å². The minimum absolute atomic E-state index is 0.0783. The van der Waals surface area contributed by atoms with Crippen molar-refractivity contribution in [1.29, 1.82) is 0 Å². The van der Waals surface area contributed by atoms with Crippen molar-refractivity contribution in [3.05, 3.63) is 24.3 Å². The largest absolute Gasteiger partial charge is 0.461 e. The fourth-order valence-corrected chi connectivity index (χ4v) is 1.74. The lowest BCUT2D eigenvalue weighted by Crippen LogP contribution is -2.48. The van der Waals surface area contributed by atoms with Gasteiger partial charge in [0.2, 0.25) is 0 Å². The highest BCUT2D eigenvalue weighted by molar-refractivity contribution is 5.87.